The monoisotopic (exact) mass is 423 g/mol. The SMILES string of the molecule is Cc1ccc(NC(=O)COc2cccc3ccc(N4CCCCCC4)nc23)cc1Cl. The molecular formula is C24H26ClN3O2. The first-order valence-electron chi connectivity index (χ1n) is 10.4. The van der Waals surface area contributed by atoms with Crippen LogP contribution in [-0.4, -0.2) is 30.6 Å². The number of aromatic nitrogens is 1. The summed E-state index contributed by atoms with van der Waals surface area (Å²) >= 11 is 6.13. The quantitative estimate of drug-likeness (QED) is 0.580. The number of halogens is 1. The van der Waals surface area contributed by atoms with Crippen LogP contribution in [-0.2, 0) is 4.79 Å². The van der Waals surface area contributed by atoms with Crippen molar-refractivity contribution in [1.29, 1.82) is 0 Å². The molecule has 1 aliphatic heterocycles. The zero-order valence-electron chi connectivity index (χ0n) is 17.2. The highest BCUT2D eigenvalue weighted by Crippen LogP contribution is 2.27. The van der Waals surface area contributed by atoms with Gasteiger partial charge in [0.15, 0.2) is 6.61 Å². The van der Waals surface area contributed by atoms with E-state index in [9.17, 15) is 4.79 Å². The molecule has 6 heteroatoms. The summed E-state index contributed by atoms with van der Waals surface area (Å²) in [6.07, 6.45) is 4.95. The number of ether oxygens (including phenoxy) is 1. The molecule has 2 aromatic carbocycles. The van der Waals surface area contributed by atoms with Crippen molar-refractivity contribution in [1.82, 2.24) is 4.98 Å². The van der Waals surface area contributed by atoms with Gasteiger partial charge in [0.2, 0.25) is 0 Å². The predicted molar refractivity (Wildman–Crippen MR) is 123 cm³/mol. The van der Waals surface area contributed by atoms with Gasteiger partial charge in [-0.05, 0) is 55.7 Å². The standard InChI is InChI=1S/C24H26ClN3O2/c1-17-9-11-19(15-20(17)25)26-23(29)16-30-21-8-6-7-18-10-12-22(27-24(18)21)28-13-4-2-3-5-14-28/h6-12,15H,2-5,13-14,16H2,1H3,(H,26,29). The summed E-state index contributed by atoms with van der Waals surface area (Å²) in [7, 11) is 0. The van der Waals surface area contributed by atoms with Crippen molar-refractivity contribution >= 4 is 39.9 Å². The summed E-state index contributed by atoms with van der Waals surface area (Å²) in [6, 6.07) is 15.4. The zero-order chi connectivity index (χ0) is 20.9. The number of benzene rings is 2. The van der Waals surface area contributed by atoms with E-state index in [1.807, 2.05) is 37.3 Å². The maximum absolute atomic E-state index is 12.4. The third-order valence-electron chi connectivity index (χ3n) is 5.41. The molecule has 1 aromatic heterocycles. The lowest BCUT2D eigenvalue weighted by atomic mass is 10.2. The Bertz CT molecular complexity index is 1050. The predicted octanol–water partition coefficient (Wildman–Crippen LogP) is 5.59. The number of hydrogen-bond donors (Lipinski definition) is 1. The number of nitrogens with one attached hydrogen (secondary N) is 1. The number of aryl methyl sites for hydroxylation is 1. The van der Waals surface area contributed by atoms with Crippen LogP contribution in [0.15, 0.2) is 48.5 Å². The number of carbonyl (C=O) groups excluding carboxylic acids is 1. The molecule has 1 amide bonds. The molecule has 0 bridgehead atoms. The number of rotatable bonds is 5. The first kappa shape index (κ1) is 20.5. The Kier molecular flexibility index (Phi) is 6.38. The van der Waals surface area contributed by atoms with Gasteiger partial charge >= 0.3 is 0 Å². The number of fused-ring (bicyclic) bond motifs is 1. The van der Waals surface area contributed by atoms with E-state index >= 15 is 0 Å². The first-order valence-corrected chi connectivity index (χ1v) is 10.8. The fourth-order valence-electron chi connectivity index (χ4n) is 3.71. The lowest BCUT2D eigenvalue weighted by Gasteiger charge is -2.22. The minimum Gasteiger partial charge on any atom is -0.481 e. The van der Waals surface area contributed by atoms with Gasteiger partial charge in [0.05, 0.1) is 0 Å². The van der Waals surface area contributed by atoms with Crippen molar-refractivity contribution in [3.63, 3.8) is 0 Å². The highest BCUT2D eigenvalue weighted by atomic mass is 35.5. The van der Waals surface area contributed by atoms with Crippen LogP contribution < -0.4 is 15.0 Å². The van der Waals surface area contributed by atoms with Crippen molar-refractivity contribution < 1.29 is 9.53 Å². The summed E-state index contributed by atoms with van der Waals surface area (Å²) in [5, 5.41) is 4.44. The molecule has 156 valence electrons. The highest BCUT2D eigenvalue weighted by molar-refractivity contribution is 6.31. The van der Waals surface area contributed by atoms with Gasteiger partial charge in [-0.1, -0.05) is 42.6 Å². The molecule has 1 N–H and O–H groups in total. The number of para-hydroxylation sites is 1. The zero-order valence-corrected chi connectivity index (χ0v) is 17.9. The van der Waals surface area contributed by atoms with E-state index in [1.54, 1.807) is 6.07 Å². The van der Waals surface area contributed by atoms with E-state index in [4.69, 9.17) is 21.3 Å². The summed E-state index contributed by atoms with van der Waals surface area (Å²) in [5.41, 5.74) is 2.40. The molecule has 30 heavy (non-hydrogen) atoms. The highest BCUT2D eigenvalue weighted by Gasteiger charge is 2.14. The second-order valence-electron chi connectivity index (χ2n) is 7.70. The number of carbonyl (C=O) groups is 1. The number of anilines is 2. The van der Waals surface area contributed by atoms with E-state index in [1.165, 1.54) is 25.7 Å². The first-order chi connectivity index (χ1) is 14.6. The molecular weight excluding hydrogens is 398 g/mol. The van der Waals surface area contributed by atoms with Crippen LogP contribution in [0.4, 0.5) is 11.5 Å². The van der Waals surface area contributed by atoms with Gasteiger partial charge in [0.25, 0.3) is 5.91 Å². The van der Waals surface area contributed by atoms with Gasteiger partial charge in [-0.3, -0.25) is 4.79 Å². The third-order valence-corrected chi connectivity index (χ3v) is 5.82. The Morgan fingerprint density at radius 1 is 1.10 bits per heavy atom. The molecule has 3 aromatic rings. The van der Waals surface area contributed by atoms with E-state index < -0.39 is 0 Å². The number of hydrogen-bond acceptors (Lipinski definition) is 4. The number of amides is 1. The second-order valence-corrected chi connectivity index (χ2v) is 8.11. The number of nitrogens with zero attached hydrogens (tertiary/aromatic N) is 2. The summed E-state index contributed by atoms with van der Waals surface area (Å²) in [5.74, 6) is 1.34. The molecule has 5 nitrogen and oxygen atoms in total. The van der Waals surface area contributed by atoms with Crippen molar-refractivity contribution in [3.05, 3.63) is 59.1 Å². The third kappa shape index (κ3) is 4.85. The molecule has 4 rings (SSSR count). The van der Waals surface area contributed by atoms with Crippen LogP contribution >= 0.6 is 11.6 Å². The Morgan fingerprint density at radius 2 is 1.90 bits per heavy atom. The topological polar surface area (TPSA) is 54.5 Å². The Morgan fingerprint density at radius 3 is 2.67 bits per heavy atom. The van der Waals surface area contributed by atoms with Crippen LogP contribution in [0.25, 0.3) is 10.9 Å². The molecule has 2 heterocycles. The minimum atomic E-state index is -0.240. The molecule has 0 spiro atoms. The van der Waals surface area contributed by atoms with Crippen LogP contribution in [0.2, 0.25) is 5.02 Å². The molecule has 0 atom stereocenters. The molecule has 0 unspecified atom stereocenters. The van der Waals surface area contributed by atoms with E-state index in [2.05, 4.69) is 22.3 Å². The van der Waals surface area contributed by atoms with Crippen molar-refractivity contribution in [3.8, 4) is 5.75 Å². The lowest BCUT2D eigenvalue weighted by molar-refractivity contribution is -0.118. The number of pyridine rings is 1. The molecule has 0 radical (unpaired) electrons. The van der Waals surface area contributed by atoms with E-state index in [-0.39, 0.29) is 12.5 Å². The van der Waals surface area contributed by atoms with Gasteiger partial charge in [0.1, 0.15) is 17.1 Å². The maximum Gasteiger partial charge on any atom is 0.262 e. The lowest BCUT2D eigenvalue weighted by Crippen LogP contribution is -2.24. The largest absolute Gasteiger partial charge is 0.481 e. The van der Waals surface area contributed by atoms with Crippen LogP contribution in [0.3, 0.4) is 0 Å². The normalized spacial score (nSPS) is 14.4. The Hall–Kier alpha value is -2.79. The van der Waals surface area contributed by atoms with Crippen molar-refractivity contribution in [2.75, 3.05) is 29.9 Å². The fourth-order valence-corrected chi connectivity index (χ4v) is 3.89. The Labute approximate surface area is 182 Å². The van der Waals surface area contributed by atoms with Crippen molar-refractivity contribution in [2.24, 2.45) is 0 Å². The summed E-state index contributed by atoms with van der Waals surface area (Å²) in [6.45, 7) is 3.89. The fraction of sp³-hybridized carbons (Fsp3) is 0.333. The van der Waals surface area contributed by atoms with E-state index in [0.29, 0.717) is 16.5 Å². The molecule has 1 saturated heterocycles. The summed E-state index contributed by atoms with van der Waals surface area (Å²) < 4.78 is 5.85. The average molecular weight is 424 g/mol. The van der Waals surface area contributed by atoms with Crippen LogP contribution in [0.1, 0.15) is 31.2 Å². The molecule has 1 aliphatic rings. The second kappa shape index (κ2) is 9.35. The van der Waals surface area contributed by atoms with Gasteiger partial charge < -0.3 is 15.0 Å². The van der Waals surface area contributed by atoms with Gasteiger partial charge in [-0.2, -0.15) is 0 Å². The summed E-state index contributed by atoms with van der Waals surface area (Å²) in [4.78, 5) is 19.6. The Balaban J connectivity index is 1.48. The van der Waals surface area contributed by atoms with Crippen LogP contribution in [0.5, 0.6) is 5.75 Å². The smallest absolute Gasteiger partial charge is 0.262 e. The average Bonchev–Trinajstić information content (AvgIpc) is 3.04. The van der Waals surface area contributed by atoms with Crippen molar-refractivity contribution in [2.45, 2.75) is 32.6 Å². The molecule has 0 saturated carbocycles. The molecule has 1 fully saturated rings. The van der Waals surface area contributed by atoms with Gasteiger partial charge in [-0.15, -0.1) is 0 Å². The molecule has 0 aliphatic carbocycles. The minimum absolute atomic E-state index is 0.0970. The van der Waals surface area contributed by atoms with Gasteiger partial charge in [-0.25, -0.2) is 4.98 Å². The maximum atomic E-state index is 12.4. The van der Waals surface area contributed by atoms with Gasteiger partial charge in [0, 0.05) is 29.2 Å². The van der Waals surface area contributed by atoms with Crippen LogP contribution in [0, 0.1) is 6.92 Å². The van der Waals surface area contributed by atoms with E-state index in [0.717, 1.165) is 35.4 Å².